The zero-order chi connectivity index (χ0) is 17.7. The molecule has 126 valence electrons. The lowest BCUT2D eigenvalue weighted by molar-refractivity contribution is -0.123. The van der Waals surface area contributed by atoms with Gasteiger partial charge in [0.25, 0.3) is 5.91 Å². The first kappa shape index (κ1) is 18.1. The summed E-state index contributed by atoms with van der Waals surface area (Å²) < 4.78 is 5.37. The molecule has 2 aromatic rings. The summed E-state index contributed by atoms with van der Waals surface area (Å²) >= 11 is 12.0. The minimum atomic E-state index is -0.520. The van der Waals surface area contributed by atoms with Crippen molar-refractivity contribution in [2.75, 3.05) is 6.61 Å². The van der Waals surface area contributed by atoms with Gasteiger partial charge in [0, 0.05) is 15.6 Å². The highest BCUT2D eigenvalue weighted by Gasteiger charge is 2.13. The van der Waals surface area contributed by atoms with Crippen molar-refractivity contribution >= 4 is 35.0 Å². The fourth-order valence-corrected chi connectivity index (χ4v) is 2.65. The second-order valence-electron chi connectivity index (χ2n) is 5.13. The van der Waals surface area contributed by atoms with Crippen LogP contribution >= 0.6 is 23.2 Å². The van der Waals surface area contributed by atoms with Gasteiger partial charge in [0.05, 0.1) is 6.04 Å². The number of halogens is 2. The Morgan fingerprint density at radius 3 is 2.42 bits per heavy atom. The van der Waals surface area contributed by atoms with Crippen LogP contribution in [0.25, 0.3) is 0 Å². The lowest BCUT2D eigenvalue weighted by Crippen LogP contribution is -2.31. The Kier molecular flexibility index (Phi) is 6.06. The van der Waals surface area contributed by atoms with E-state index in [9.17, 15) is 9.59 Å². The molecule has 0 saturated heterocycles. The third-order valence-corrected chi connectivity index (χ3v) is 3.88. The second kappa shape index (κ2) is 8.04. The van der Waals surface area contributed by atoms with Crippen molar-refractivity contribution in [3.63, 3.8) is 0 Å². The van der Waals surface area contributed by atoms with Crippen molar-refractivity contribution in [2.45, 2.75) is 13.0 Å². The third kappa shape index (κ3) is 4.88. The Morgan fingerprint density at radius 2 is 1.83 bits per heavy atom. The van der Waals surface area contributed by atoms with Crippen LogP contribution in [-0.2, 0) is 4.79 Å². The maximum absolute atomic E-state index is 12.0. The standard InChI is InChI=1S/C17H16Cl2N2O3/c1-10(14-7-4-12(18)8-15(14)19)21-16(22)9-24-13-5-2-11(3-6-13)17(20)23/h2-8,10H,9H2,1H3,(H2,20,23)(H,21,22)/t10-/m0/s1. The molecule has 0 spiro atoms. The van der Waals surface area contributed by atoms with E-state index in [0.29, 0.717) is 21.4 Å². The summed E-state index contributed by atoms with van der Waals surface area (Å²) in [5.74, 6) is -0.354. The molecule has 24 heavy (non-hydrogen) atoms. The lowest BCUT2D eigenvalue weighted by atomic mass is 10.1. The number of carbonyl (C=O) groups is 2. The number of nitrogens with one attached hydrogen (secondary N) is 1. The second-order valence-corrected chi connectivity index (χ2v) is 5.98. The van der Waals surface area contributed by atoms with Crippen LogP contribution in [0.3, 0.4) is 0 Å². The van der Waals surface area contributed by atoms with Gasteiger partial charge in [-0.3, -0.25) is 9.59 Å². The van der Waals surface area contributed by atoms with E-state index >= 15 is 0 Å². The molecule has 0 unspecified atom stereocenters. The number of nitrogens with two attached hydrogens (primary N) is 1. The normalized spacial score (nSPS) is 11.6. The van der Waals surface area contributed by atoms with Gasteiger partial charge in [-0.15, -0.1) is 0 Å². The van der Waals surface area contributed by atoms with Gasteiger partial charge >= 0.3 is 0 Å². The van der Waals surface area contributed by atoms with Crippen LogP contribution in [-0.4, -0.2) is 18.4 Å². The minimum Gasteiger partial charge on any atom is -0.484 e. The molecule has 2 rings (SSSR count). The van der Waals surface area contributed by atoms with Crippen molar-refractivity contribution in [2.24, 2.45) is 5.73 Å². The predicted octanol–water partition coefficient (Wildman–Crippen LogP) is 3.35. The molecule has 5 nitrogen and oxygen atoms in total. The van der Waals surface area contributed by atoms with Gasteiger partial charge in [-0.25, -0.2) is 0 Å². The highest BCUT2D eigenvalue weighted by molar-refractivity contribution is 6.35. The van der Waals surface area contributed by atoms with Gasteiger partial charge < -0.3 is 15.8 Å². The topological polar surface area (TPSA) is 81.4 Å². The van der Waals surface area contributed by atoms with Crippen LogP contribution in [0.4, 0.5) is 0 Å². The van der Waals surface area contributed by atoms with E-state index in [-0.39, 0.29) is 18.6 Å². The molecule has 0 fully saturated rings. The summed E-state index contributed by atoms with van der Waals surface area (Å²) in [5, 5.41) is 3.81. The average molecular weight is 367 g/mol. The fourth-order valence-electron chi connectivity index (χ4n) is 2.08. The van der Waals surface area contributed by atoms with E-state index < -0.39 is 5.91 Å². The van der Waals surface area contributed by atoms with Gasteiger partial charge in [-0.2, -0.15) is 0 Å². The lowest BCUT2D eigenvalue weighted by Gasteiger charge is -2.16. The molecule has 0 aromatic heterocycles. The number of rotatable bonds is 6. The van der Waals surface area contributed by atoms with Crippen molar-refractivity contribution in [1.82, 2.24) is 5.32 Å². The number of primary amides is 1. The van der Waals surface area contributed by atoms with Crippen molar-refractivity contribution in [3.8, 4) is 5.75 Å². The highest BCUT2D eigenvalue weighted by atomic mass is 35.5. The number of hydrogen-bond acceptors (Lipinski definition) is 3. The molecule has 1 atom stereocenters. The molecule has 0 heterocycles. The molecule has 0 bridgehead atoms. The molecule has 0 aliphatic carbocycles. The molecule has 3 N–H and O–H groups in total. The highest BCUT2D eigenvalue weighted by Crippen LogP contribution is 2.26. The Hall–Kier alpha value is -2.24. The molecule has 7 heteroatoms. The van der Waals surface area contributed by atoms with Crippen molar-refractivity contribution < 1.29 is 14.3 Å². The Labute approximate surface area is 149 Å². The fraction of sp³-hybridized carbons (Fsp3) is 0.176. The molecule has 2 aromatic carbocycles. The smallest absolute Gasteiger partial charge is 0.258 e. The summed E-state index contributed by atoms with van der Waals surface area (Å²) in [6.07, 6.45) is 0. The van der Waals surface area contributed by atoms with Gasteiger partial charge in [0.2, 0.25) is 5.91 Å². The van der Waals surface area contributed by atoms with E-state index in [0.717, 1.165) is 5.56 Å². The number of ether oxygens (including phenoxy) is 1. The number of amides is 2. The van der Waals surface area contributed by atoms with Crippen molar-refractivity contribution in [3.05, 3.63) is 63.6 Å². The maximum atomic E-state index is 12.0. The van der Waals surface area contributed by atoms with Gasteiger partial charge in [-0.05, 0) is 48.9 Å². The summed E-state index contributed by atoms with van der Waals surface area (Å²) in [4.78, 5) is 23.0. The first-order chi connectivity index (χ1) is 11.4. The predicted molar refractivity (Wildman–Crippen MR) is 93.5 cm³/mol. The van der Waals surface area contributed by atoms with Crippen LogP contribution in [0.5, 0.6) is 5.75 Å². The summed E-state index contributed by atoms with van der Waals surface area (Å²) in [7, 11) is 0. The quantitative estimate of drug-likeness (QED) is 0.822. The number of carbonyl (C=O) groups excluding carboxylic acids is 2. The van der Waals surface area contributed by atoms with Crippen molar-refractivity contribution in [1.29, 1.82) is 0 Å². The Bertz CT molecular complexity index is 748. The van der Waals surface area contributed by atoms with E-state index in [1.54, 1.807) is 30.3 Å². The van der Waals surface area contributed by atoms with Gasteiger partial charge in [0.15, 0.2) is 6.61 Å². The van der Waals surface area contributed by atoms with E-state index in [2.05, 4.69) is 5.32 Å². The molecular weight excluding hydrogens is 351 g/mol. The third-order valence-electron chi connectivity index (χ3n) is 3.32. The summed E-state index contributed by atoms with van der Waals surface area (Å²) in [5.41, 5.74) is 6.29. The van der Waals surface area contributed by atoms with E-state index in [1.807, 2.05) is 6.92 Å². The number of hydrogen-bond donors (Lipinski definition) is 2. The molecule has 0 radical (unpaired) electrons. The zero-order valence-electron chi connectivity index (χ0n) is 12.9. The first-order valence-electron chi connectivity index (χ1n) is 7.14. The minimum absolute atomic E-state index is 0.161. The van der Waals surface area contributed by atoms with E-state index in [4.69, 9.17) is 33.7 Å². The van der Waals surface area contributed by atoms with Crippen LogP contribution in [0.2, 0.25) is 10.0 Å². The first-order valence-corrected chi connectivity index (χ1v) is 7.89. The summed E-state index contributed by atoms with van der Waals surface area (Å²) in [6, 6.07) is 11.0. The Morgan fingerprint density at radius 1 is 1.17 bits per heavy atom. The van der Waals surface area contributed by atoms with Crippen LogP contribution < -0.4 is 15.8 Å². The molecule has 0 aliphatic heterocycles. The molecule has 0 aliphatic rings. The SMILES string of the molecule is C[C@H](NC(=O)COc1ccc(C(N)=O)cc1)c1ccc(Cl)cc1Cl. The molecule has 0 saturated carbocycles. The molecule has 2 amide bonds. The summed E-state index contributed by atoms with van der Waals surface area (Å²) in [6.45, 7) is 1.65. The average Bonchev–Trinajstić information content (AvgIpc) is 2.53. The van der Waals surface area contributed by atoms with Gasteiger partial charge in [0.1, 0.15) is 5.75 Å². The van der Waals surface area contributed by atoms with Crippen LogP contribution in [0.15, 0.2) is 42.5 Å². The van der Waals surface area contributed by atoms with Crippen LogP contribution in [0, 0.1) is 0 Å². The monoisotopic (exact) mass is 366 g/mol. The number of benzene rings is 2. The van der Waals surface area contributed by atoms with Gasteiger partial charge in [-0.1, -0.05) is 29.3 Å². The van der Waals surface area contributed by atoms with E-state index in [1.165, 1.54) is 12.1 Å². The molecular formula is C17H16Cl2N2O3. The zero-order valence-corrected chi connectivity index (χ0v) is 14.4. The van der Waals surface area contributed by atoms with Crippen LogP contribution in [0.1, 0.15) is 28.9 Å². The maximum Gasteiger partial charge on any atom is 0.258 e. The Balaban J connectivity index is 1.89. The largest absolute Gasteiger partial charge is 0.484 e.